The van der Waals surface area contributed by atoms with Gasteiger partial charge in [0, 0.05) is 44.8 Å². The molecule has 130 valence electrons. The van der Waals surface area contributed by atoms with E-state index >= 15 is 0 Å². The van der Waals surface area contributed by atoms with Gasteiger partial charge in [-0.2, -0.15) is 0 Å². The topological polar surface area (TPSA) is 9.72 Å². The lowest BCUT2D eigenvalue weighted by Crippen LogP contribution is -2.49. The molecule has 0 aliphatic carbocycles. The van der Waals surface area contributed by atoms with Crippen molar-refractivity contribution in [2.24, 2.45) is 0 Å². The van der Waals surface area contributed by atoms with Crippen molar-refractivity contribution in [3.63, 3.8) is 0 Å². The molecule has 0 radical (unpaired) electrons. The molecule has 0 aromatic heterocycles. The molecule has 1 aliphatic rings. The molecule has 23 heavy (non-hydrogen) atoms. The zero-order valence-electron chi connectivity index (χ0n) is 14.6. The fourth-order valence-corrected chi connectivity index (χ4v) is 3.16. The molecule has 0 N–H and O–H groups in total. The number of rotatable bonds is 7. The Hall–Kier alpha value is -1.04. The van der Waals surface area contributed by atoms with E-state index in [-0.39, 0.29) is 0 Å². The molecular weight excluding hydrogens is 296 g/mol. The van der Waals surface area contributed by atoms with Crippen LogP contribution in [0.4, 0.5) is 8.78 Å². The van der Waals surface area contributed by atoms with E-state index in [1.54, 1.807) is 0 Å². The van der Waals surface area contributed by atoms with Gasteiger partial charge in [-0.1, -0.05) is 0 Å². The summed E-state index contributed by atoms with van der Waals surface area (Å²) < 4.78 is 26.4. The largest absolute Gasteiger partial charge is 0.302 e. The van der Waals surface area contributed by atoms with Gasteiger partial charge in [-0.25, -0.2) is 8.78 Å². The van der Waals surface area contributed by atoms with Crippen molar-refractivity contribution in [2.45, 2.75) is 32.9 Å². The van der Waals surface area contributed by atoms with Crippen LogP contribution in [0.1, 0.15) is 25.8 Å². The molecule has 1 aromatic carbocycles. The number of benzene rings is 1. The van der Waals surface area contributed by atoms with Gasteiger partial charge in [0.05, 0.1) is 0 Å². The minimum Gasteiger partial charge on any atom is -0.302 e. The van der Waals surface area contributed by atoms with E-state index in [4.69, 9.17) is 0 Å². The van der Waals surface area contributed by atoms with Crippen molar-refractivity contribution >= 4 is 0 Å². The summed E-state index contributed by atoms with van der Waals surface area (Å²) in [4.78, 5) is 7.15. The zero-order valence-corrected chi connectivity index (χ0v) is 14.6. The van der Waals surface area contributed by atoms with E-state index in [0.717, 1.165) is 51.8 Å². The van der Waals surface area contributed by atoms with Crippen LogP contribution in [0.2, 0.25) is 0 Å². The molecule has 0 unspecified atom stereocenters. The Balaban J connectivity index is 1.66. The lowest BCUT2D eigenvalue weighted by atomic mass is 10.2. The van der Waals surface area contributed by atoms with Gasteiger partial charge in [0.25, 0.3) is 0 Å². The molecular formula is C18H29F2N3. The van der Waals surface area contributed by atoms with Gasteiger partial charge >= 0.3 is 0 Å². The van der Waals surface area contributed by atoms with Crippen LogP contribution in [-0.4, -0.2) is 67.1 Å². The first-order valence-corrected chi connectivity index (χ1v) is 8.54. The van der Waals surface area contributed by atoms with Gasteiger partial charge < -0.3 is 9.80 Å². The molecule has 1 heterocycles. The second-order valence-corrected chi connectivity index (χ2v) is 6.84. The summed E-state index contributed by atoms with van der Waals surface area (Å²) in [5.74, 6) is -1.01. The highest BCUT2D eigenvalue weighted by atomic mass is 19.1. The average molecular weight is 325 g/mol. The lowest BCUT2D eigenvalue weighted by Gasteiger charge is -2.37. The minimum atomic E-state index is -0.503. The number of hydrogen-bond acceptors (Lipinski definition) is 3. The Morgan fingerprint density at radius 2 is 1.65 bits per heavy atom. The third-order valence-electron chi connectivity index (χ3n) is 4.53. The summed E-state index contributed by atoms with van der Waals surface area (Å²) in [6, 6.07) is 4.37. The SMILES string of the molecule is CC(C)N1CCN(CCCN(C)Cc2cc(F)cc(F)c2)CC1. The summed E-state index contributed by atoms with van der Waals surface area (Å²) in [6.45, 7) is 11.7. The van der Waals surface area contributed by atoms with Crippen molar-refractivity contribution in [2.75, 3.05) is 46.3 Å². The highest BCUT2D eigenvalue weighted by Crippen LogP contribution is 2.11. The third-order valence-corrected chi connectivity index (χ3v) is 4.53. The zero-order chi connectivity index (χ0) is 16.8. The smallest absolute Gasteiger partial charge is 0.126 e. The molecule has 1 aromatic rings. The van der Waals surface area contributed by atoms with Gasteiger partial charge in [-0.05, 0) is 58.1 Å². The fraction of sp³-hybridized carbons (Fsp3) is 0.667. The first-order valence-electron chi connectivity index (χ1n) is 8.54. The van der Waals surface area contributed by atoms with Crippen LogP contribution in [0, 0.1) is 11.6 Å². The van der Waals surface area contributed by atoms with Gasteiger partial charge in [-0.3, -0.25) is 4.90 Å². The Labute approximate surface area is 138 Å². The van der Waals surface area contributed by atoms with E-state index in [1.165, 1.54) is 12.1 Å². The van der Waals surface area contributed by atoms with E-state index < -0.39 is 11.6 Å². The summed E-state index contributed by atoms with van der Waals surface area (Å²) in [5.41, 5.74) is 0.690. The quantitative estimate of drug-likeness (QED) is 0.763. The van der Waals surface area contributed by atoms with E-state index in [9.17, 15) is 8.78 Å². The first-order chi connectivity index (χ1) is 10.9. The van der Waals surface area contributed by atoms with E-state index in [1.807, 2.05) is 7.05 Å². The van der Waals surface area contributed by atoms with Gasteiger partial charge in [0.2, 0.25) is 0 Å². The predicted octanol–water partition coefficient (Wildman–Crippen LogP) is 2.81. The van der Waals surface area contributed by atoms with Crippen LogP contribution in [0.5, 0.6) is 0 Å². The molecule has 3 nitrogen and oxygen atoms in total. The second kappa shape index (κ2) is 8.71. The Bertz CT molecular complexity index is 465. The van der Waals surface area contributed by atoms with Gasteiger partial charge in [0.15, 0.2) is 0 Å². The van der Waals surface area contributed by atoms with Crippen molar-refractivity contribution in [3.8, 4) is 0 Å². The fourth-order valence-electron chi connectivity index (χ4n) is 3.16. The van der Waals surface area contributed by atoms with Crippen LogP contribution in [0.15, 0.2) is 18.2 Å². The lowest BCUT2D eigenvalue weighted by molar-refractivity contribution is 0.105. The molecule has 0 amide bonds. The van der Waals surface area contributed by atoms with Crippen LogP contribution in [-0.2, 0) is 6.54 Å². The molecule has 2 rings (SSSR count). The number of hydrogen-bond donors (Lipinski definition) is 0. The Morgan fingerprint density at radius 3 is 2.22 bits per heavy atom. The molecule has 0 bridgehead atoms. The van der Waals surface area contributed by atoms with Crippen LogP contribution < -0.4 is 0 Å². The second-order valence-electron chi connectivity index (χ2n) is 6.84. The highest BCUT2D eigenvalue weighted by molar-refractivity contribution is 5.17. The normalized spacial score (nSPS) is 17.3. The minimum absolute atomic E-state index is 0.503. The van der Waals surface area contributed by atoms with Crippen LogP contribution in [0.3, 0.4) is 0 Å². The van der Waals surface area contributed by atoms with Gasteiger partial charge in [0.1, 0.15) is 11.6 Å². The number of halogens is 2. The molecule has 5 heteroatoms. The maximum Gasteiger partial charge on any atom is 0.126 e. The molecule has 0 saturated carbocycles. The third kappa shape index (κ3) is 6.16. The summed E-state index contributed by atoms with van der Waals surface area (Å²) in [5, 5.41) is 0. The Kier molecular flexibility index (Phi) is 6.93. The first kappa shape index (κ1) is 18.3. The Morgan fingerprint density at radius 1 is 1.04 bits per heavy atom. The standard InChI is InChI=1S/C18H29F2N3/c1-15(2)23-9-7-22(8-10-23)6-4-5-21(3)14-16-11-17(19)13-18(20)12-16/h11-13,15H,4-10,14H2,1-3H3. The number of piperazine rings is 1. The van der Waals surface area contributed by atoms with Crippen LogP contribution in [0.25, 0.3) is 0 Å². The molecule has 0 spiro atoms. The monoisotopic (exact) mass is 325 g/mol. The van der Waals surface area contributed by atoms with E-state index in [0.29, 0.717) is 18.2 Å². The van der Waals surface area contributed by atoms with Crippen LogP contribution >= 0.6 is 0 Å². The molecule has 1 fully saturated rings. The molecule has 1 saturated heterocycles. The maximum absolute atomic E-state index is 13.2. The summed E-state index contributed by atoms with van der Waals surface area (Å²) in [7, 11) is 2.00. The molecule has 1 aliphatic heterocycles. The van der Waals surface area contributed by atoms with Crippen molar-refractivity contribution in [1.82, 2.24) is 14.7 Å². The predicted molar refractivity (Wildman–Crippen MR) is 90.5 cm³/mol. The van der Waals surface area contributed by atoms with Crippen molar-refractivity contribution < 1.29 is 8.78 Å². The van der Waals surface area contributed by atoms with E-state index in [2.05, 4.69) is 28.5 Å². The van der Waals surface area contributed by atoms with Crippen molar-refractivity contribution in [3.05, 3.63) is 35.4 Å². The highest BCUT2D eigenvalue weighted by Gasteiger charge is 2.18. The van der Waals surface area contributed by atoms with Crippen molar-refractivity contribution in [1.29, 1.82) is 0 Å². The summed E-state index contributed by atoms with van der Waals surface area (Å²) in [6.07, 6.45) is 1.08. The maximum atomic E-state index is 13.2. The average Bonchev–Trinajstić information content (AvgIpc) is 2.46. The molecule has 0 atom stereocenters. The number of nitrogens with zero attached hydrogens (tertiary/aromatic N) is 3. The summed E-state index contributed by atoms with van der Waals surface area (Å²) >= 11 is 0. The van der Waals surface area contributed by atoms with Gasteiger partial charge in [-0.15, -0.1) is 0 Å².